The molecule has 1 unspecified atom stereocenters. The van der Waals surface area contributed by atoms with Gasteiger partial charge in [-0.1, -0.05) is 42.5 Å². The Labute approximate surface area is 160 Å². The van der Waals surface area contributed by atoms with Crippen LogP contribution in [0, 0.1) is 0 Å². The molecule has 2 aromatic carbocycles. The van der Waals surface area contributed by atoms with E-state index in [1.807, 2.05) is 42.5 Å². The van der Waals surface area contributed by atoms with Gasteiger partial charge in [-0.05, 0) is 36.1 Å². The molecule has 1 saturated heterocycles. The Morgan fingerprint density at radius 3 is 2.41 bits per heavy atom. The predicted molar refractivity (Wildman–Crippen MR) is 102 cm³/mol. The van der Waals surface area contributed by atoms with E-state index in [0.717, 1.165) is 17.7 Å². The van der Waals surface area contributed by atoms with Gasteiger partial charge in [0, 0.05) is 7.11 Å². The lowest BCUT2D eigenvalue weighted by atomic mass is 9.96. The summed E-state index contributed by atoms with van der Waals surface area (Å²) in [5, 5.41) is 0. The van der Waals surface area contributed by atoms with E-state index in [1.54, 1.807) is 14.2 Å². The molecule has 1 fully saturated rings. The number of aryl methyl sites for hydroxylation is 1. The lowest BCUT2D eigenvalue weighted by Gasteiger charge is -2.36. The van der Waals surface area contributed by atoms with Gasteiger partial charge < -0.3 is 18.9 Å². The molecule has 27 heavy (non-hydrogen) atoms. The zero-order valence-corrected chi connectivity index (χ0v) is 15.8. The third-order valence-electron chi connectivity index (χ3n) is 4.85. The molecule has 5 nitrogen and oxygen atoms in total. The van der Waals surface area contributed by atoms with E-state index in [0.29, 0.717) is 13.0 Å². The van der Waals surface area contributed by atoms with E-state index in [4.69, 9.17) is 18.9 Å². The van der Waals surface area contributed by atoms with Gasteiger partial charge in [0.15, 0.2) is 0 Å². The highest BCUT2D eigenvalue weighted by Gasteiger charge is 2.39. The lowest BCUT2D eigenvalue weighted by Crippen LogP contribution is -2.49. The second-order valence-corrected chi connectivity index (χ2v) is 6.65. The molecule has 0 bridgehead atoms. The molecule has 5 heteroatoms. The number of ether oxygens (including phenoxy) is 4. The quantitative estimate of drug-likeness (QED) is 0.665. The van der Waals surface area contributed by atoms with Crippen LogP contribution in [0.1, 0.15) is 24.0 Å². The molecule has 0 radical (unpaired) electrons. The average molecular weight is 370 g/mol. The summed E-state index contributed by atoms with van der Waals surface area (Å²) in [5.41, 5.74) is 2.24. The first kappa shape index (κ1) is 19.4. The van der Waals surface area contributed by atoms with Crippen LogP contribution in [0.4, 0.5) is 0 Å². The SMILES string of the molecule is COc1ccc(CO[C@H]2C(OC)CC(=O)O[C@@H]2CCc2ccccc2)cc1. The number of carbonyl (C=O) groups excluding carboxylic acids is 1. The summed E-state index contributed by atoms with van der Waals surface area (Å²) in [6.45, 7) is 0.425. The summed E-state index contributed by atoms with van der Waals surface area (Å²) >= 11 is 0. The third-order valence-corrected chi connectivity index (χ3v) is 4.85. The summed E-state index contributed by atoms with van der Waals surface area (Å²) in [6.07, 6.45) is 0.810. The van der Waals surface area contributed by atoms with Gasteiger partial charge in [-0.3, -0.25) is 4.79 Å². The second-order valence-electron chi connectivity index (χ2n) is 6.65. The number of hydrogen-bond acceptors (Lipinski definition) is 5. The van der Waals surface area contributed by atoms with Gasteiger partial charge in [0.05, 0.1) is 26.2 Å². The van der Waals surface area contributed by atoms with Crippen molar-refractivity contribution in [1.82, 2.24) is 0 Å². The monoisotopic (exact) mass is 370 g/mol. The first-order valence-electron chi connectivity index (χ1n) is 9.20. The minimum Gasteiger partial charge on any atom is -0.497 e. The molecule has 0 aromatic heterocycles. The highest BCUT2D eigenvalue weighted by molar-refractivity contribution is 5.71. The highest BCUT2D eigenvalue weighted by atomic mass is 16.6. The second kappa shape index (κ2) is 9.53. The minimum atomic E-state index is -0.324. The number of benzene rings is 2. The van der Waals surface area contributed by atoms with Gasteiger partial charge in [-0.2, -0.15) is 0 Å². The maximum atomic E-state index is 12.0. The molecular formula is C22H26O5. The summed E-state index contributed by atoms with van der Waals surface area (Å²) in [7, 11) is 3.25. The molecule has 0 amide bonds. The van der Waals surface area contributed by atoms with Crippen molar-refractivity contribution in [2.75, 3.05) is 14.2 Å². The number of carbonyl (C=O) groups is 1. The molecule has 1 aliphatic rings. The van der Waals surface area contributed by atoms with Crippen LogP contribution in [0.15, 0.2) is 54.6 Å². The van der Waals surface area contributed by atoms with Crippen molar-refractivity contribution >= 4 is 5.97 Å². The smallest absolute Gasteiger partial charge is 0.308 e. The Hall–Kier alpha value is -2.37. The number of hydrogen-bond donors (Lipinski definition) is 0. The molecule has 2 aromatic rings. The van der Waals surface area contributed by atoms with Crippen molar-refractivity contribution in [3.63, 3.8) is 0 Å². The van der Waals surface area contributed by atoms with E-state index in [-0.39, 0.29) is 30.7 Å². The Bertz CT molecular complexity index is 713. The molecule has 0 aliphatic carbocycles. The normalized spacial score (nSPS) is 22.3. The van der Waals surface area contributed by atoms with Crippen molar-refractivity contribution in [2.45, 2.75) is 44.2 Å². The fraction of sp³-hybridized carbons (Fsp3) is 0.409. The van der Waals surface area contributed by atoms with E-state index >= 15 is 0 Å². The van der Waals surface area contributed by atoms with Crippen LogP contribution in [-0.2, 0) is 32.0 Å². The number of esters is 1. The van der Waals surface area contributed by atoms with Gasteiger partial charge in [-0.15, -0.1) is 0 Å². The number of cyclic esters (lactones) is 1. The van der Waals surface area contributed by atoms with Crippen molar-refractivity contribution < 1.29 is 23.7 Å². The van der Waals surface area contributed by atoms with Crippen LogP contribution in [-0.4, -0.2) is 38.5 Å². The Balaban J connectivity index is 1.65. The molecule has 144 valence electrons. The molecule has 0 saturated carbocycles. The third kappa shape index (κ3) is 5.31. The fourth-order valence-corrected chi connectivity index (χ4v) is 3.33. The highest BCUT2D eigenvalue weighted by Crippen LogP contribution is 2.26. The van der Waals surface area contributed by atoms with Crippen LogP contribution >= 0.6 is 0 Å². The van der Waals surface area contributed by atoms with Crippen LogP contribution in [0.3, 0.4) is 0 Å². The van der Waals surface area contributed by atoms with Crippen LogP contribution in [0.2, 0.25) is 0 Å². The van der Waals surface area contributed by atoms with E-state index in [9.17, 15) is 4.79 Å². The molecule has 1 aliphatic heterocycles. The molecule has 3 atom stereocenters. The van der Waals surface area contributed by atoms with Crippen LogP contribution < -0.4 is 4.74 Å². The van der Waals surface area contributed by atoms with E-state index < -0.39 is 0 Å². The van der Waals surface area contributed by atoms with Gasteiger partial charge >= 0.3 is 5.97 Å². The standard InChI is InChI=1S/C22H26O5/c1-24-18-11-8-17(9-12-18)15-26-22-19(27-21(23)14-20(22)25-2)13-10-16-6-4-3-5-7-16/h3-9,11-12,19-20,22H,10,13-15H2,1-2H3/t19-,20?,22-/m1/s1. The Morgan fingerprint density at radius 1 is 1.00 bits per heavy atom. The van der Waals surface area contributed by atoms with Gasteiger partial charge in [0.1, 0.15) is 18.0 Å². The summed E-state index contributed by atoms with van der Waals surface area (Å²) in [6, 6.07) is 17.9. The molecule has 3 rings (SSSR count). The first-order valence-corrected chi connectivity index (χ1v) is 9.20. The van der Waals surface area contributed by atoms with E-state index in [2.05, 4.69) is 12.1 Å². The van der Waals surface area contributed by atoms with Gasteiger partial charge in [-0.25, -0.2) is 0 Å². The van der Waals surface area contributed by atoms with Crippen LogP contribution in [0.25, 0.3) is 0 Å². The van der Waals surface area contributed by atoms with Gasteiger partial charge in [0.2, 0.25) is 0 Å². The Kier molecular flexibility index (Phi) is 6.85. The van der Waals surface area contributed by atoms with Gasteiger partial charge in [0.25, 0.3) is 0 Å². The maximum absolute atomic E-state index is 12.0. The summed E-state index contributed by atoms with van der Waals surface area (Å²) in [4.78, 5) is 12.0. The summed E-state index contributed by atoms with van der Waals surface area (Å²) < 4.78 is 22.5. The molecular weight excluding hydrogens is 344 g/mol. The summed E-state index contributed by atoms with van der Waals surface area (Å²) in [5.74, 6) is 0.574. The first-order chi connectivity index (χ1) is 13.2. The van der Waals surface area contributed by atoms with Crippen molar-refractivity contribution in [2.24, 2.45) is 0 Å². The predicted octanol–water partition coefficient (Wildman–Crippen LogP) is 3.54. The Morgan fingerprint density at radius 2 is 1.74 bits per heavy atom. The van der Waals surface area contributed by atoms with Crippen LogP contribution in [0.5, 0.6) is 5.75 Å². The number of rotatable bonds is 8. The zero-order valence-electron chi connectivity index (χ0n) is 15.8. The maximum Gasteiger partial charge on any atom is 0.308 e. The van der Waals surface area contributed by atoms with Crippen molar-refractivity contribution in [3.8, 4) is 5.75 Å². The van der Waals surface area contributed by atoms with Crippen molar-refractivity contribution in [1.29, 1.82) is 0 Å². The van der Waals surface area contributed by atoms with E-state index in [1.165, 1.54) is 5.56 Å². The molecule has 0 N–H and O–H groups in total. The average Bonchev–Trinajstić information content (AvgIpc) is 2.72. The zero-order chi connectivity index (χ0) is 19.1. The minimum absolute atomic E-state index is 0.214. The molecule has 0 spiro atoms. The van der Waals surface area contributed by atoms with Crippen molar-refractivity contribution in [3.05, 3.63) is 65.7 Å². The largest absolute Gasteiger partial charge is 0.497 e. The topological polar surface area (TPSA) is 54.0 Å². The molecule has 1 heterocycles. The lowest BCUT2D eigenvalue weighted by molar-refractivity contribution is -0.192. The fourth-order valence-electron chi connectivity index (χ4n) is 3.33. The number of methoxy groups -OCH3 is 2.